The molecule has 0 amide bonds. The standard InChI is InChI=1S/C26H26O6S/c1-17-5-3-4-6-21(17)23(9-10-25(27)28)32-24-14-20(31-15-19-11-12-33-16-19)7-8-22(24)18(2)13-26(29)30/h3-8,11-14,16,23H,9-10,15H2,1-2H3,(H,27,28)(H,29,30)/t23-/m0/s1. The number of allylic oxidation sites excluding steroid dienone is 1. The third-order valence-electron chi connectivity index (χ3n) is 5.13. The van der Waals surface area contributed by atoms with Crippen molar-refractivity contribution in [1.29, 1.82) is 0 Å². The Bertz CT molecular complexity index is 1130. The summed E-state index contributed by atoms with van der Waals surface area (Å²) in [6.45, 7) is 4.04. The van der Waals surface area contributed by atoms with Crippen LogP contribution in [0.3, 0.4) is 0 Å². The monoisotopic (exact) mass is 466 g/mol. The molecule has 0 saturated heterocycles. The zero-order chi connectivity index (χ0) is 23.8. The summed E-state index contributed by atoms with van der Waals surface area (Å²) < 4.78 is 12.3. The smallest absolute Gasteiger partial charge is 0.328 e. The Hall–Kier alpha value is -3.58. The average molecular weight is 467 g/mol. The van der Waals surface area contributed by atoms with Crippen LogP contribution in [0.1, 0.15) is 48.1 Å². The summed E-state index contributed by atoms with van der Waals surface area (Å²) in [5, 5.41) is 22.4. The van der Waals surface area contributed by atoms with Gasteiger partial charge in [-0.05, 0) is 71.5 Å². The van der Waals surface area contributed by atoms with E-state index in [0.29, 0.717) is 29.2 Å². The summed E-state index contributed by atoms with van der Waals surface area (Å²) in [5.74, 6) is -0.957. The molecule has 0 bridgehead atoms. The molecule has 7 heteroatoms. The Balaban J connectivity index is 1.97. The van der Waals surface area contributed by atoms with Gasteiger partial charge < -0.3 is 19.7 Å². The first kappa shape index (κ1) is 24.1. The molecule has 0 aliphatic heterocycles. The van der Waals surface area contributed by atoms with Crippen molar-refractivity contribution in [3.05, 3.63) is 87.6 Å². The van der Waals surface area contributed by atoms with E-state index in [1.165, 1.54) is 0 Å². The minimum absolute atomic E-state index is 0.0629. The molecule has 6 nitrogen and oxygen atoms in total. The van der Waals surface area contributed by atoms with E-state index in [1.807, 2.05) is 48.0 Å². The number of carbonyl (C=O) groups is 2. The number of hydrogen-bond acceptors (Lipinski definition) is 5. The Kier molecular flexibility index (Phi) is 8.27. The molecule has 1 aromatic heterocycles. The van der Waals surface area contributed by atoms with Gasteiger partial charge in [-0.25, -0.2) is 4.79 Å². The largest absolute Gasteiger partial charge is 0.489 e. The number of aryl methyl sites for hydroxylation is 1. The minimum atomic E-state index is -1.06. The predicted molar refractivity (Wildman–Crippen MR) is 128 cm³/mol. The lowest BCUT2D eigenvalue weighted by Crippen LogP contribution is -2.12. The van der Waals surface area contributed by atoms with Crippen molar-refractivity contribution in [1.82, 2.24) is 0 Å². The minimum Gasteiger partial charge on any atom is -0.489 e. The van der Waals surface area contributed by atoms with Crippen LogP contribution >= 0.6 is 11.3 Å². The maximum Gasteiger partial charge on any atom is 0.328 e. The summed E-state index contributed by atoms with van der Waals surface area (Å²) in [6, 6.07) is 14.9. The Labute approximate surface area is 196 Å². The highest BCUT2D eigenvalue weighted by atomic mass is 32.1. The van der Waals surface area contributed by atoms with Crippen LogP contribution in [0.5, 0.6) is 11.5 Å². The van der Waals surface area contributed by atoms with Gasteiger partial charge in [0.05, 0.1) is 0 Å². The normalized spacial score (nSPS) is 12.2. The fourth-order valence-corrected chi connectivity index (χ4v) is 4.11. The van der Waals surface area contributed by atoms with Gasteiger partial charge in [0, 0.05) is 24.1 Å². The molecular weight excluding hydrogens is 440 g/mol. The quantitative estimate of drug-likeness (QED) is 0.331. The second kappa shape index (κ2) is 11.3. The van der Waals surface area contributed by atoms with Crippen molar-refractivity contribution in [3.8, 4) is 11.5 Å². The molecular formula is C26H26O6S. The lowest BCUT2D eigenvalue weighted by Gasteiger charge is -2.23. The second-order valence-electron chi connectivity index (χ2n) is 7.64. The second-order valence-corrected chi connectivity index (χ2v) is 8.42. The van der Waals surface area contributed by atoms with E-state index in [9.17, 15) is 19.8 Å². The summed E-state index contributed by atoms with van der Waals surface area (Å²) in [6.07, 6.45) is 0.799. The molecule has 0 saturated carbocycles. The van der Waals surface area contributed by atoms with Crippen LogP contribution in [0.25, 0.3) is 5.57 Å². The van der Waals surface area contributed by atoms with E-state index in [0.717, 1.165) is 22.8 Å². The molecule has 3 aromatic rings. The van der Waals surface area contributed by atoms with Crippen LogP contribution in [-0.2, 0) is 16.2 Å². The number of ether oxygens (including phenoxy) is 2. The van der Waals surface area contributed by atoms with Crippen LogP contribution in [0, 0.1) is 6.92 Å². The Morgan fingerprint density at radius 3 is 2.58 bits per heavy atom. The third-order valence-corrected chi connectivity index (χ3v) is 5.86. The summed E-state index contributed by atoms with van der Waals surface area (Å²) in [4.78, 5) is 22.5. The summed E-state index contributed by atoms with van der Waals surface area (Å²) in [5.41, 5.74) is 4.04. The van der Waals surface area contributed by atoms with Gasteiger partial charge in [0.15, 0.2) is 0 Å². The fourth-order valence-electron chi connectivity index (χ4n) is 3.45. The highest BCUT2D eigenvalue weighted by Crippen LogP contribution is 2.36. The van der Waals surface area contributed by atoms with Gasteiger partial charge in [-0.1, -0.05) is 24.3 Å². The Morgan fingerprint density at radius 1 is 1.12 bits per heavy atom. The number of thiophene rings is 1. The molecule has 0 fully saturated rings. The van der Waals surface area contributed by atoms with Crippen LogP contribution in [0.15, 0.2) is 65.4 Å². The van der Waals surface area contributed by atoms with E-state index in [4.69, 9.17) is 9.47 Å². The zero-order valence-corrected chi connectivity index (χ0v) is 19.3. The first-order valence-corrected chi connectivity index (χ1v) is 11.4. The number of carboxylic acid groups (broad SMARTS) is 2. The fraction of sp³-hybridized carbons (Fsp3) is 0.231. The first-order chi connectivity index (χ1) is 15.8. The predicted octanol–water partition coefficient (Wildman–Crippen LogP) is 6.11. The van der Waals surface area contributed by atoms with E-state index in [1.54, 1.807) is 36.5 Å². The number of benzene rings is 2. The van der Waals surface area contributed by atoms with Crippen LogP contribution < -0.4 is 9.47 Å². The number of aliphatic carboxylic acids is 2. The molecule has 0 radical (unpaired) electrons. The summed E-state index contributed by atoms with van der Waals surface area (Å²) in [7, 11) is 0. The maximum atomic E-state index is 11.3. The third kappa shape index (κ3) is 6.95. The Morgan fingerprint density at radius 2 is 1.91 bits per heavy atom. The van der Waals surface area contributed by atoms with Gasteiger partial charge >= 0.3 is 11.9 Å². The molecule has 2 N–H and O–H groups in total. The van der Waals surface area contributed by atoms with Gasteiger partial charge in [-0.2, -0.15) is 11.3 Å². The molecule has 0 aliphatic rings. The maximum absolute atomic E-state index is 11.3. The van der Waals surface area contributed by atoms with Gasteiger partial charge in [0.25, 0.3) is 0 Å². The molecule has 1 heterocycles. The van der Waals surface area contributed by atoms with Crippen LogP contribution in [0.2, 0.25) is 0 Å². The van der Waals surface area contributed by atoms with Crippen molar-refractivity contribution < 1.29 is 29.3 Å². The van der Waals surface area contributed by atoms with Gasteiger partial charge in [-0.3, -0.25) is 4.79 Å². The number of carboxylic acids is 2. The van der Waals surface area contributed by atoms with Crippen LogP contribution in [0.4, 0.5) is 0 Å². The molecule has 0 unspecified atom stereocenters. The van der Waals surface area contributed by atoms with Gasteiger partial charge in [0.1, 0.15) is 24.2 Å². The highest BCUT2D eigenvalue weighted by Gasteiger charge is 2.20. The molecule has 3 rings (SSSR count). The van der Waals surface area contributed by atoms with E-state index >= 15 is 0 Å². The molecule has 0 spiro atoms. The SMILES string of the molecule is CC(=CC(=O)O)c1ccc(OCc2ccsc2)cc1O[C@@H](CCC(=O)O)c1ccccc1C. The highest BCUT2D eigenvalue weighted by molar-refractivity contribution is 7.07. The van der Waals surface area contributed by atoms with Crippen molar-refractivity contribution in [2.24, 2.45) is 0 Å². The van der Waals surface area contributed by atoms with Crippen molar-refractivity contribution in [2.45, 2.75) is 39.4 Å². The summed E-state index contributed by atoms with van der Waals surface area (Å²) >= 11 is 1.59. The molecule has 172 valence electrons. The van der Waals surface area contributed by atoms with Crippen molar-refractivity contribution in [3.63, 3.8) is 0 Å². The lowest BCUT2D eigenvalue weighted by atomic mass is 9.99. The number of rotatable bonds is 11. The van der Waals surface area contributed by atoms with E-state index in [2.05, 4.69) is 0 Å². The molecule has 33 heavy (non-hydrogen) atoms. The first-order valence-electron chi connectivity index (χ1n) is 10.5. The zero-order valence-electron chi connectivity index (χ0n) is 18.5. The van der Waals surface area contributed by atoms with Crippen molar-refractivity contribution >= 4 is 28.8 Å². The van der Waals surface area contributed by atoms with Gasteiger partial charge in [-0.15, -0.1) is 0 Å². The van der Waals surface area contributed by atoms with Gasteiger partial charge in [0.2, 0.25) is 0 Å². The topological polar surface area (TPSA) is 93.1 Å². The van der Waals surface area contributed by atoms with E-state index < -0.39 is 18.0 Å². The lowest BCUT2D eigenvalue weighted by molar-refractivity contribution is -0.137. The molecule has 0 aliphatic carbocycles. The van der Waals surface area contributed by atoms with Crippen molar-refractivity contribution in [2.75, 3.05) is 0 Å². The van der Waals surface area contributed by atoms with Crippen LogP contribution in [-0.4, -0.2) is 22.2 Å². The molecule has 1 atom stereocenters. The number of hydrogen-bond donors (Lipinski definition) is 2. The van der Waals surface area contributed by atoms with E-state index in [-0.39, 0.29) is 12.8 Å². The average Bonchev–Trinajstić information content (AvgIpc) is 3.29. The molecule has 2 aromatic carbocycles.